The predicted molar refractivity (Wildman–Crippen MR) is 79.2 cm³/mol. The lowest BCUT2D eigenvalue weighted by Gasteiger charge is -2.03. The van der Waals surface area contributed by atoms with E-state index in [4.69, 9.17) is 4.74 Å². The first-order chi connectivity index (χ1) is 10.3. The molecular weight excluding hydrogens is 266 g/mol. The highest BCUT2D eigenvalue weighted by Gasteiger charge is 2.09. The van der Waals surface area contributed by atoms with Crippen LogP contribution in [0.4, 0.5) is 0 Å². The van der Waals surface area contributed by atoms with Crippen molar-refractivity contribution in [3.8, 4) is 17.0 Å². The SMILES string of the molecule is CCOc1ccc2c(-c3ccc4ncnn4c3)c[nH]c2n1. The van der Waals surface area contributed by atoms with E-state index in [0.717, 1.165) is 27.8 Å². The lowest BCUT2D eigenvalue weighted by atomic mass is 10.1. The minimum Gasteiger partial charge on any atom is -0.478 e. The lowest BCUT2D eigenvalue weighted by molar-refractivity contribution is 0.328. The molecule has 0 saturated heterocycles. The lowest BCUT2D eigenvalue weighted by Crippen LogP contribution is -1.93. The Balaban J connectivity index is 1.85. The average Bonchev–Trinajstić information content (AvgIpc) is 3.12. The molecule has 0 saturated carbocycles. The number of pyridine rings is 2. The van der Waals surface area contributed by atoms with Gasteiger partial charge >= 0.3 is 0 Å². The van der Waals surface area contributed by atoms with Crippen LogP contribution in [0.1, 0.15) is 6.92 Å². The number of aromatic nitrogens is 5. The van der Waals surface area contributed by atoms with Crippen LogP contribution in [0.2, 0.25) is 0 Å². The van der Waals surface area contributed by atoms with Crippen molar-refractivity contribution in [2.24, 2.45) is 0 Å². The maximum absolute atomic E-state index is 5.42. The Labute approximate surface area is 120 Å². The van der Waals surface area contributed by atoms with E-state index in [1.807, 2.05) is 43.6 Å². The second-order valence-corrected chi connectivity index (χ2v) is 4.66. The molecule has 0 aromatic carbocycles. The van der Waals surface area contributed by atoms with Crippen LogP contribution in [0, 0.1) is 0 Å². The first-order valence-electron chi connectivity index (χ1n) is 6.76. The zero-order valence-electron chi connectivity index (χ0n) is 11.4. The standard InChI is InChI=1S/C15H13N5O/c1-2-21-14-6-4-11-12(7-16-15(11)19-14)10-3-5-13-17-9-18-20(13)8-10/h3-9H,2H2,1H3,(H,16,19). The number of rotatable bonds is 3. The highest BCUT2D eigenvalue weighted by molar-refractivity contribution is 5.93. The molecule has 0 aliphatic carbocycles. The van der Waals surface area contributed by atoms with Crippen molar-refractivity contribution in [1.29, 1.82) is 0 Å². The van der Waals surface area contributed by atoms with E-state index in [2.05, 4.69) is 20.1 Å². The molecule has 0 aliphatic rings. The van der Waals surface area contributed by atoms with Gasteiger partial charge in [-0.2, -0.15) is 10.1 Å². The first kappa shape index (κ1) is 11.9. The van der Waals surface area contributed by atoms with Crippen molar-refractivity contribution in [2.75, 3.05) is 6.61 Å². The van der Waals surface area contributed by atoms with Crippen molar-refractivity contribution in [1.82, 2.24) is 24.6 Å². The normalized spacial score (nSPS) is 11.3. The maximum Gasteiger partial charge on any atom is 0.215 e. The molecule has 0 fully saturated rings. The fraction of sp³-hybridized carbons (Fsp3) is 0.133. The molecule has 4 rings (SSSR count). The van der Waals surface area contributed by atoms with Gasteiger partial charge in [-0.25, -0.2) is 9.50 Å². The summed E-state index contributed by atoms with van der Waals surface area (Å²) in [6.07, 6.45) is 5.46. The van der Waals surface area contributed by atoms with E-state index in [1.54, 1.807) is 10.8 Å². The number of ether oxygens (including phenoxy) is 1. The molecule has 6 nitrogen and oxygen atoms in total. The molecular formula is C15H13N5O. The smallest absolute Gasteiger partial charge is 0.215 e. The van der Waals surface area contributed by atoms with Crippen molar-refractivity contribution in [2.45, 2.75) is 6.92 Å². The van der Waals surface area contributed by atoms with Crippen LogP contribution in [0.3, 0.4) is 0 Å². The van der Waals surface area contributed by atoms with Gasteiger partial charge in [-0.3, -0.25) is 0 Å². The van der Waals surface area contributed by atoms with Crippen LogP contribution in [-0.4, -0.2) is 31.2 Å². The number of nitrogens with zero attached hydrogens (tertiary/aromatic N) is 4. The van der Waals surface area contributed by atoms with Crippen LogP contribution in [-0.2, 0) is 0 Å². The van der Waals surface area contributed by atoms with Crippen molar-refractivity contribution < 1.29 is 4.74 Å². The second kappa shape index (κ2) is 4.59. The van der Waals surface area contributed by atoms with Gasteiger partial charge in [0.2, 0.25) is 5.88 Å². The monoisotopic (exact) mass is 279 g/mol. The van der Waals surface area contributed by atoms with E-state index in [9.17, 15) is 0 Å². The minimum atomic E-state index is 0.606. The van der Waals surface area contributed by atoms with Gasteiger partial charge in [0.1, 0.15) is 12.0 Å². The average molecular weight is 279 g/mol. The van der Waals surface area contributed by atoms with E-state index >= 15 is 0 Å². The minimum absolute atomic E-state index is 0.606. The van der Waals surface area contributed by atoms with Crippen molar-refractivity contribution in [3.63, 3.8) is 0 Å². The van der Waals surface area contributed by atoms with Crippen LogP contribution in [0.15, 0.2) is 43.0 Å². The largest absolute Gasteiger partial charge is 0.478 e. The van der Waals surface area contributed by atoms with Crippen molar-refractivity contribution >= 4 is 16.7 Å². The van der Waals surface area contributed by atoms with Gasteiger partial charge in [-0.15, -0.1) is 0 Å². The van der Waals surface area contributed by atoms with Crippen LogP contribution in [0.5, 0.6) is 5.88 Å². The van der Waals surface area contributed by atoms with Gasteiger partial charge in [0.15, 0.2) is 5.65 Å². The van der Waals surface area contributed by atoms with E-state index in [-0.39, 0.29) is 0 Å². The fourth-order valence-corrected chi connectivity index (χ4v) is 2.43. The fourth-order valence-electron chi connectivity index (χ4n) is 2.43. The first-order valence-corrected chi connectivity index (χ1v) is 6.76. The summed E-state index contributed by atoms with van der Waals surface area (Å²) < 4.78 is 7.18. The summed E-state index contributed by atoms with van der Waals surface area (Å²) >= 11 is 0. The Bertz CT molecular complexity index is 924. The van der Waals surface area contributed by atoms with E-state index < -0.39 is 0 Å². The van der Waals surface area contributed by atoms with Crippen LogP contribution >= 0.6 is 0 Å². The molecule has 0 unspecified atom stereocenters. The third-order valence-electron chi connectivity index (χ3n) is 3.39. The Kier molecular flexibility index (Phi) is 2.60. The van der Waals surface area contributed by atoms with Gasteiger partial charge in [0.25, 0.3) is 0 Å². The number of fused-ring (bicyclic) bond motifs is 2. The van der Waals surface area contributed by atoms with Gasteiger partial charge < -0.3 is 9.72 Å². The summed E-state index contributed by atoms with van der Waals surface area (Å²) in [6, 6.07) is 7.88. The van der Waals surface area contributed by atoms with Crippen molar-refractivity contribution in [3.05, 3.63) is 43.0 Å². The molecule has 0 aliphatic heterocycles. The Hall–Kier alpha value is -2.89. The molecule has 0 bridgehead atoms. The molecule has 4 heterocycles. The molecule has 0 amide bonds. The Morgan fingerprint density at radius 2 is 2.19 bits per heavy atom. The summed E-state index contributed by atoms with van der Waals surface area (Å²) in [6.45, 7) is 2.55. The molecule has 6 heteroatoms. The van der Waals surface area contributed by atoms with E-state index in [0.29, 0.717) is 12.5 Å². The number of H-pyrrole nitrogens is 1. The third-order valence-corrected chi connectivity index (χ3v) is 3.39. The molecule has 21 heavy (non-hydrogen) atoms. The molecule has 0 radical (unpaired) electrons. The Morgan fingerprint density at radius 3 is 3.10 bits per heavy atom. The summed E-state index contributed by atoms with van der Waals surface area (Å²) in [4.78, 5) is 11.8. The zero-order chi connectivity index (χ0) is 14.2. The number of hydrogen-bond acceptors (Lipinski definition) is 4. The highest BCUT2D eigenvalue weighted by Crippen LogP contribution is 2.29. The molecule has 0 atom stereocenters. The number of aromatic amines is 1. The number of nitrogens with one attached hydrogen (secondary N) is 1. The highest BCUT2D eigenvalue weighted by atomic mass is 16.5. The summed E-state index contributed by atoms with van der Waals surface area (Å²) in [7, 11) is 0. The topological polar surface area (TPSA) is 68.1 Å². The van der Waals surface area contributed by atoms with Gasteiger partial charge in [-0.05, 0) is 25.1 Å². The number of hydrogen-bond donors (Lipinski definition) is 1. The Morgan fingerprint density at radius 1 is 1.24 bits per heavy atom. The second-order valence-electron chi connectivity index (χ2n) is 4.66. The molecule has 1 N–H and O–H groups in total. The maximum atomic E-state index is 5.42. The molecule has 4 aromatic heterocycles. The van der Waals surface area contributed by atoms with E-state index in [1.165, 1.54) is 0 Å². The molecule has 0 spiro atoms. The van der Waals surface area contributed by atoms with Crippen LogP contribution < -0.4 is 4.74 Å². The quantitative estimate of drug-likeness (QED) is 0.626. The molecule has 104 valence electrons. The molecule has 4 aromatic rings. The summed E-state index contributed by atoms with van der Waals surface area (Å²) in [5.74, 6) is 0.630. The van der Waals surface area contributed by atoms with Gasteiger partial charge in [-0.1, -0.05) is 0 Å². The van der Waals surface area contributed by atoms with Gasteiger partial charge in [0.05, 0.1) is 6.61 Å². The predicted octanol–water partition coefficient (Wildman–Crippen LogP) is 2.67. The van der Waals surface area contributed by atoms with Gasteiger partial charge in [0, 0.05) is 35.0 Å². The third kappa shape index (κ3) is 1.92. The van der Waals surface area contributed by atoms with Crippen LogP contribution in [0.25, 0.3) is 27.8 Å². The summed E-state index contributed by atoms with van der Waals surface area (Å²) in [5, 5.41) is 5.22. The zero-order valence-corrected chi connectivity index (χ0v) is 11.4. The summed E-state index contributed by atoms with van der Waals surface area (Å²) in [5.41, 5.74) is 3.79.